The van der Waals surface area contributed by atoms with Crippen molar-refractivity contribution in [3.8, 4) is 11.1 Å². The summed E-state index contributed by atoms with van der Waals surface area (Å²) in [6.45, 7) is 16.0. The molecule has 49 heavy (non-hydrogen) atoms. The Kier molecular flexibility index (Phi) is 13.3. The van der Waals surface area contributed by atoms with E-state index < -0.39 is 0 Å². The smallest absolute Gasteiger partial charge is 0.672 e. The number of hydrogen-bond acceptors (Lipinski definition) is 0. The SMILES string of the molecule is CC12CC3(C)CC(C)(C1)CC([NH-])(C2)C3.CC1=[C-]C(C)C(C)=C1C.[Zr+2].c1ccc(-c2ccccc2)cc1.c1ccc([SiH]c2ccccc2)cc1. The topological polar surface area (TPSA) is 23.8 Å². The van der Waals surface area contributed by atoms with E-state index in [1.165, 1.54) is 76.7 Å². The Labute approximate surface area is 319 Å². The Bertz CT molecular complexity index is 1510. The predicted octanol–water partition coefficient (Wildman–Crippen LogP) is 11.3. The Balaban J connectivity index is 0.000000148. The first-order chi connectivity index (χ1) is 22.8. The van der Waals surface area contributed by atoms with E-state index >= 15 is 0 Å². The molecule has 4 aromatic rings. The molecule has 9 rings (SSSR count). The molecule has 0 aromatic heterocycles. The zero-order valence-corrected chi connectivity index (χ0v) is 34.6. The van der Waals surface area contributed by atoms with Crippen molar-refractivity contribution in [1.29, 1.82) is 0 Å². The normalized spacial score (nSPS) is 28.8. The molecule has 1 nitrogen and oxygen atoms in total. The van der Waals surface area contributed by atoms with Crippen molar-refractivity contribution in [2.45, 2.75) is 92.5 Å². The van der Waals surface area contributed by atoms with Crippen molar-refractivity contribution in [2.75, 3.05) is 0 Å². The van der Waals surface area contributed by atoms with Crippen LogP contribution in [0.2, 0.25) is 0 Å². The molecule has 1 N–H and O–H groups in total. The van der Waals surface area contributed by atoms with E-state index in [2.05, 4.69) is 164 Å². The molecule has 1 atom stereocenters. The van der Waals surface area contributed by atoms with E-state index in [-0.39, 0.29) is 41.3 Å². The molecule has 0 saturated heterocycles. The van der Waals surface area contributed by atoms with Gasteiger partial charge < -0.3 is 5.73 Å². The number of nitrogens with one attached hydrogen (secondary N) is 1. The standard InChI is InChI=1S/C13H22N.C12H11Si.C12H10.C9H13.Zr/c1-10-4-11(2)6-12(3,5-10)9-13(14,7-10)8-11;1-3-7-11(8-4-1)13-12-9-5-2-6-10-12;1-3-7-11(8-4-1)12-9-5-2-6-10-12;1-6-5-7(2)9(4)8(6)3;/h14H,4-9H2,1-3H3;1-10,13H;1-10H;6H,1-4H3;/q-1;;;-1;+2. The van der Waals surface area contributed by atoms with Gasteiger partial charge in [-0.05, 0) is 46.6 Å². The van der Waals surface area contributed by atoms with Crippen LogP contribution in [0.4, 0.5) is 0 Å². The van der Waals surface area contributed by atoms with E-state index in [0.717, 1.165) is 0 Å². The van der Waals surface area contributed by atoms with Gasteiger partial charge in [-0.2, -0.15) is 11.1 Å². The van der Waals surface area contributed by atoms with Gasteiger partial charge in [0.25, 0.3) is 0 Å². The largest absolute Gasteiger partial charge is 2.00 e. The van der Waals surface area contributed by atoms with Gasteiger partial charge in [-0.15, -0.1) is 12.5 Å². The molecule has 0 heterocycles. The van der Waals surface area contributed by atoms with Gasteiger partial charge in [-0.1, -0.05) is 198 Å². The van der Waals surface area contributed by atoms with Crippen LogP contribution in [0.1, 0.15) is 87.0 Å². The van der Waals surface area contributed by atoms with Crippen molar-refractivity contribution < 1.29 is 26.2 Å². The third-order valence-corrected chi connectivity index (χ3v) is 12.3. The summed E-state index contributed by atoms with van der Waals surface area (Å²) in [4.78, 5) is 0. The molecule has 0 spiro atoms. The molecule has 4 fully saturated rings. The van der Waals surface area contributed by atoms with E-state index in [1.807, 2.05) is 12.1 Å². The minimum absolute atomic E-state index is 0. The average molecular weight is 742 g/mol. The summed E-state index contributed by atoms with van der Waals surface area (Å²) < 4.78 is 0. The van der Waals surface area contributed by atoms with Crippen LogP contribution in [0.25, 0.3) is 16.9 Å². The Morgan fingerprint density at radius 1 is 0.551 bits per heavy atom. The van der Waals surface area contributed by atoms with Crippen molar-refractivity contribution >= 4 is 19.9 Å². The van der Waals surface area contributed by atoms with Crippen LogP contribution < -0.4 is 10.4 Å². The zero-order valence-electron chi connectivity index (χ0n) is 30.9. The van der Waals surface area contributed by atoms with Gasteiger partial charge in [0.1, 0.15) is 9.52 Å². The number of allylic oxidation sites excluding steroid dienone is 4. The summed E-state index contributed by atoms with van der Waals surface area (Å²) in [6, 6.07) is 42.1. The molecule has 5 aliphatic carbocycles. The summed E-state index contributed by atoms with van der Waals surface area (Å²) in [6.07, 6.45) is 11.0. The fourth-order valence-corrected chi connectivity index (χ4v) is 11.2. The molecule has 253 valence electrons. The molecular formula is C46H56NSiZr. The van der Waals surface area contributed by atoms with Crippen LogP contribution in [0.15, 0.2) is 138 Å². The second kappa shape index (κ2) is 16.6. The molecule has 0 aliphatic heterocycles. The molecule has 1 unspecified atom stereocenters. The predicted molar refractivity (Wildman–Crippen MR) is 210 cm³/mol. The quantitative estimate of drug-likeness (QED) is 0.147. The second-order valence-corrected chi connectivity index (χ2v) is 17.9. The van der Waals surface area contributed by atoms with Gasteiger partial charge in [-0.3, -0.25) is 6.08 Å². The van der Waals surface area contributed by atoms with Crippen molar-refractivity contribution in [2.24, 2.45) is 22.2 Å². The molecule has 4 bridgehead atoms. The summed E-state index contributed by atoms with van der Waals surface area (Å²) in [7, 11) is 0.271. The van der Waals surface area contributed by atoms with E-state index in [0.29, 0.717) is 22.2 Å². The van der Waals surface area contributed by atoms with Gasteiger partial charge in [0.05, 0.1) is 0 Å². The van der Waals surface area contributed by atoms with Gasteiger partial charge >= 0.3 is 26.2 Å². The van der Waals surface area contributed by atoms with Gasteiger partial charge in [0, 0.05) is 0 Å². The number of benzene rings is 4. The first kappa shape index (κ1) is 39.2. The Morgan fingerprint density at radius 2 is 0.878 bits per heavy atom. The first-order valence-electron chi connectivity index (χ1n) is 17.9. The minimum Gasteiger partial charge on any atom is -0.672 e. The van der Waals surface area contributed by atoms with Crippen LogP contribution in [-0.4, -0.2) is 15.1 Å². The van der Waals surface area contributed by atoms with Gasteiger partial charge in [0.15, 0.2) is 0 Å². The van der Waals surface area contributed by atoms with Crippen molar-refractivity contribution in [3.63, 3.8) is 0 Å². The van der Waals surface area contributed by atoms with Crippen LogP contribution in [0.5, 0.6) is 0 Å². The molecule has 5 aliphatic rings. The molecule has 4 aromatic carbocycles. The molecular weight excluding hydrogens is 686 g/mol. The zero-order chi connectivity index (χ0) is 34.4. The fourth-order valence-electron chi connectivity index (χ4n) is 10.0. The third kappa shape index (κ3) is 10.7. The van der Waals surface area contributed by atoms with Crippen LogP contribution >= 0.6 is 0 Å². The number of rotatable bonds is 3. The maximum absolute atomic E-state index is 8.59. The maximum Gasteiger partial charge on any atom is 2.00 e. The fraction of sp³-hybridized carbons (Fsp3) is 0.391. The second-order valence-electron chi connectivity index (χ2n) is 16.3. The molecule has 4 saturated carbocycles. The summed E-state index contributed by atoms with van der Waals surface area (Å²) in [5.74, 6) is 0.560. The molecule has 1 radical (unpaired) electrons. The van der Waals surface area contributed by atoms with Crippen LogP contribution in [0, 0.1) is 28.2 Å². The Morgan fingerprint density at radius 3 is 1.12 bits per heavy atom. The molecule has 3 heteroatoms. The average Bonchev–Trinajstić information content (AvgIpc) is 3.25. The third-order valence-electron chi connectivity index (χ3n) is 10.9. The summed E-state index contributed by atoms with van der Waals surface area (Å²) >= 11 is 0. The van der Waals surface area contributed by atoms with E-state index in [4.69, 9.17) is 5.73 Å². The van der Waals surface area contributed by atoms with Gasteiger partial charge in [-0.25, -0.2) is 5.57 Å². The summed E-state index contributed by atoms with van der Waals surface area (Å²) in [5.41, 5.74) is 16.8. The monoisotopic (exact) mass is 740 g/mol. The van der Waals surface area contributed by atoms with E-state index in [1.54, 1.807) is 0 Å². The summed E-state index contributed by atoms with van der Waals surface area (Å²) in [5, 5.41) is 2.90. The Hall–Kier alpha value is -2.58. The number of hydrogen-bond donors (Lipinski definition) is 0. The molecule has 0 amide bonds. The van der Waals surface area contributed by atoms with E-state index in [9.17, 15) is 0 Å². The van der Waals surface area contributed by atoms with Gasteiger partial charge in [0.2, 0.25) is 0 Å². The van der Waals surface area contributed by atoms with Crippen molar-refractivity contribution in [3.05, 3.63) is 150 Å². The van der Waals surface area contributed by atoms with Crippen LogP contribution in [0.3, 0.4) is 0 Å². The maximum atomic E-state index is 8.59. The van der Waals surface area contributed by atoms with Crippen LogP contribution in [-0.2, 0) is 26.2 Å². The minimum atomic E-state index is -0.0625. The van der Waals surface area contributed by atoms with Crippen molar-refractivity contribution in [1.82, 2.24) is 0 Å². The first-order valence-corrected chi connectivity index (χ1v) is 19.0.